The number of rotatable bonds is 5. The summed E-state index contributed by atoms with van der Waals surface area (Å²) in [5.41, 5.74) is -0.114. The van der Waals surface area contributed by atoms with E-state index in [1.165, 1.54) is 18.2 Å². The van der Waals surface area contributed by atoms with E-state index >= 15 is 0 Å². The van der Waals surface area contributed by atoms with Crippen molar-refractivity contribution in [2.75, 3.05) is 6.61 Å². The molecule has 0 aromatic heterocycles. The molecule has 88 valence electrons. The molecule has 1 unspecified atom stereocenters. The van der Waals surface area contributed by atoms with E-state index in [-0.39, 0.29) is 11.4 Å². The monoisotopic (exact) mass is 263 g/mol. The second-order valence-electron chi connectivity index (χ2n) is 2.62. The van der Waals surface area contributed by atoms with Crippen LogP contribution in [-0.2, 0) is 10.1 Å². The van der Waals surface area contributed by atoms with E-state index in [4.69, 9.17) is 9.29 Å². The lowest BCUT2D eigenvalue weighted by Gasteiger charge is -2.07. The van der Waals surface area contributed by atoms with Crippen molar-refractivity contribution in [3.8, 4) is 5.75 Å². The van der Waals surface area contributed by atoms with Gasteiger partial charge in [0.1, 0.15) is 5.75 Å². The minimum atomic E-state index is -2.08. The maximum absolute atomic E-state index is 10.6. The summed E-state index contributed by atoms with van der Waals surface area (Å²) < 4.78 is 24.5. The highest BCUT2D eigenvalue weighted by molar-refractivity contribution is 8.67. The molecule has 8 heteroatoms. The molecular weight excluding hydrogens is 254 g/mol. The van der Waals surface area contributed by atoms with E-state index in [0.717, 1.165) is 0 Å². The molecule has 0 amide bonds. The van der Waals surface area contributed by atoms with E-state index < -0.39 is 15.0 Å². The van der Waals surface area contributed by atoms with Gasteiger partial charge < -0.3 is 4.74 Å². The van der Waals surface area contributed by atoms with Gasteiger partial charge in [-0.25, -0.2) is 4.21 Å². The number of non-ortho nitro benzene ring substituents is 1. The first kappa shape index (κ1) is 12.9. The van der Waals surface area contributed by atoms with Gasteiger partial charge in [-0.15, -0.1) is 0 Å². The zero-order valence-corrected chi connectivity index (χ0v) is 9.92. The average Bonchev–Trinajstić information content (AvgIpc) is 2.20. The molecule has 1 aromatic rings. The summed E-state index contributed by atoms with van der Waals surface area (Å²) in [5, 5.41) is 10.5. The van der Waals surface area contributed by atoms with Crippen LogP contribution < -0.4 is 4.74 Å². The minimum Gasteiger partial charge on any atom is -0.492 e. The zero-order chi connectivity index (χ0) is 12.1. The highest BCUT2D eigenvalue weighted by atomic mass is 33.1. The van der Waals surface area contributed by atoms with Crippen LogP contribution >= 0.6 is 10.8 Å². The lowest BCUT2D eigenvalue weighted by atomic mass is 10.3. The molecule has 0 radical (unpaired) electrons. The van der Waals surface area contributed by atoms with Crippen LogP contribution in [0.25, 0.3) is 0 Å². The lowest BCUT2D eigenvalue weighted by Crippen LogP contribution is -1.96. The topological polar surface area (TPSA) is 89.7 Å². The Bertz CT molecular complexity index is 423. The van der Waals surface area contributed by atoms with Crippen molar-refractivity contribution in [3.05, 3.63) is 28.3 Å². The first-order valence-corrected chi connectivity index (χ1v) is 6.69. The number of nitrogens with zero attached hydrogens (tertiary/aromatic N) is 1. The fourth-order valence-corrected chi connectivity index (χ4v) is 2.38. The molecule has 0 aliphatic rings. The third kappa shape index (κ3) is 3.47. The molecule has 0 aliphatic heterocycles. The van der Waals surface area contributed by atoms with E-state index in [0.29, 0.717) is 22.3 Å². The standard InChI is InChI=1S/C8H9NO5S2/c1-2-14-7-5-6(9(10)11)3-4-8(7)15-16(12)13/h3-5H,2H2,1H3,(H,12,13). The summed E-state index contributed by atoms with van der Waals surface area (Å²) in [6.07, 6.45) is 0. The van der Waals surface area contributed by atoms with Gasteiger partial charge in [-0.2, -0.15) is 0 Å². The molecule has 0 bridgehead atoms. The van der Waals surface area contributed by atoms with Gasteiger partial charge in [-0.05, 0) is 13.0 Å². The van der Waals surface area contributed by atoms with Crippen LogP contribution in [0.5, 0.6) is 5.75 Å². The molecule has 0 heterocycles. The molecular formula is C8H9NO5S2. The van der Waals surface area contributed by atoms with Crippen molar-refractivity contribution in [1.82, 2.24) is 0 Å². The Hall–Kier alpha value is -1.12. The smallest absolute Gasteiger partial charge is 0.273 e. The van der Waals surface area contributed by atoms with Gasteiger partial charge in [-0.3, -0.25) is 14.7 Å². The van der Waals surface area contributed by atoms with Crippen molar-refractivity contribution in [3.63, 3.8) is 0 Å². The number of ether oxygens (including phenoxy) is 1. The Morgan fingerprint density at radius 2 is 2.31 bits per heavy atom. The highest BCUT2D eigenvalue weighted by Gasteiger charge is 2.13. The van der Waals surface area contributed by atoms with Crippen molar-refractivity contribution in [2.45, 2.75) is 11.8 Å². The fourth-order valence-electron chi connectivity index (χ4n) is 1.02. The fraction of sp³-hybridized carbons (Fsp3) is 0.250. The molecule has 0 aliphatic carbocycles. The average molecular weight is 263 g/mol. The second kappa shape index (κ2) is 5.83. The van der Waals surface area contributed by atoms with Crippen LogP contribution in [0, 0.1) is 10.1 Å². The van der Waals surface area contributed by atoms with Crippen molar-refractivity contribution in [1.29, 1.82) is 0 Å². The van der Waals surface area contributed by atoms with Gasteiger partial charge in [0.05, 0.1) is 22.5 Å². The second-order valence-corrected chi connectivity index (χ2v) is 5.02. The van der Waals surface area contributed by atoms with Gasteiger partial charge in [0.15, 0.2) is 0 Å². The van der Waals surface area contributed by atoms with Gasteiger partial charge in [-0.1, -0.05) is 0 Å². The quantitative estimate of drug-likeness (QED) is 0.379. The molecule has 0 spiro atoms. The molecule has 16 heavy (non-hydrogen) atoms. The summed E-state index contributed by atoms with van der Waals surface area (Å²) in [7, 11) is -1.42. The van der Waals surface area contributed by atoms with Gasteiger partial charge >= 0.3 is 0 Å². The van der Waals surface area contributed by atoms with E-state index in [9.17, 15) is 14.3 Å². The molecule has 1 rings (SSSR count). The molecule has 1 aromatic carbocycles. The Morgan fingerprint density at radius 3 is 2.81 bits per heavy atom. The minimum absolute atomic E-state index is 0.114. The van der Waals surface area contributed by atoms with Gasteiger partial charge in [0.2, 0.25) is 10.1 Å². The van der Waals surface area contributed by atoms with E-state index in [1.54, 1.807) is 6.92 Å². The highest BCUT2D eigenvalue weighted by Crippen LogP contribution is 2.33. The normalized spacial score (nSPS) is 12.1. The molecule has 1 atom stereocenters. The third-order valence-corrected chi connectivity index (χ3v) is 3.22. The molecule has 6 nitrogen and oxygen atoms in total. The Labute approximate surface area is 97.8 Å². The Balaban J connectivity index is 3.08. The Morgan fingerprint density at radius 1 is 1.62 bits per heavy atom. The van der Waals surface area contributed by atoms with Crippen LogP contribution in [-0.4, -0.2) is 20.3 Å². The van der Waals surface area contributed by atoms with Crippen LogP contribution in [0.15, 0.2) is 23.1 Å². The van der Waals surface area contributed by atoms with Crippen molar-refractivity contribution in [2.24, 2.45) is 0 Å². The summed E-state index contributed by atoms with van der Waals surface area (Å²) in [6, 6.07) is 3.89. The van der Waals surface area contributed by atoms with Crippen molar-refractivity contribution >= 4 is 26.6 Å². The van der Waals surface area contributed by atoms with Crippen LogP contribution in [0.2, 0.25) is 0 Å². The predicted molar refractivity (Wildman–Crippen MR) is 60.9 cm³/mol. The van der Waals surface area contributed by atoms with Crippen LogP contribution in [0.3, 0.4) is 0 Å². The van der Waals surface area contributed by atoms with E-state index in [2.05, 4.69) is 0 Å². The number of nitro groups is 1. The number of nitro benzene ring substituents is 1. The van der Waals surface area contributed by atoms with Gasteiger partial charge in [0, 0.05) is 16.9 Å². The summed E-state index contributed by atoms with van der Waals surface area (Å²) in [4.78, 5) is 10.4. The van der Waals surface area contributed by atoms with Gasteiger partial charge in [0.25, 0.3) is 5.69 Å². The van der Waals surface area contributed by atoms with Crippen LogP contribution in [0.1, 0.15) is 6.92 Å². The first-order chi connectivity index (χ1) is 7.54. The first-order valence-electron chi connectivity index (χ1n) is 4.25. The SMILES string of the molecule is CCOc1cc([N+](=O)[O-])ccc1SS(=O)O. The zero-order valence-electron chi connectivity index (χ0n) is 8.28. The number of hydrogen-bond acceptors (Lipinski definition) is 5. The molecule has 0 fully saturated rings. The maximum Gasteiger partial charge on any atom is 0.273 e. The number of benzene rings is 1. The molecule has 0 saturated carbocycles. The summed E-state index contributed by atoms with van der Waals surface area (Å²) in [5.74, 6) is 0.240. The summed E-state index contributed by atoms with van der Waals surface area (Å²) in [6.45, 7) is 2.05. The maximum atomic E-state index is 10.6. The summed E-state index contributed by atoms with van der Waals surface area (Å²) >= 11 is 0. The third-order valence-electron chi connectivity index (χ3n) is 1.60. The Kier molecular flexibility index (Phi) is 4.71. The number of hydrogen-bond donors (Lipinski definition) is 1. The molecule has 0 saturated heterocycles. The predicted octanol–water partition coefficient (Wildman–Crippen LogP) is 2.22. The van der Waals surface area contributed by atoms with Crippen LogP contribution in [0.4, 0.5) is 5.69 Å². The molecule has 1 N–H and O–H groups in total. The lowest BCUT2D eigenvalue weighted by molar-refractivity contribution is -0.385. The van der Waals surface area contributed by atoms with E-state index in [1.807, 2.05) is 0 Å². The van der Waals surface area contributed by atoms with Crippen molar-refractivity contribution < 1.29 is 18.4 Å². The largest absolute Gasteiger partial charge is 0.492 e.